The Hall–Kier alpha value is -1.95. The van der Waals surface area contributed by atoms with E-state index in [0.29, 0.717) is 25.8 Å². The van der Waals surface area contributed by atoms with Crippen LogP contribution in [0.1, 0.15) is 5.56 Å². The molecule has 23 heavy (non-hydrogen) atoms. The van der Waals surface area contributed by atoms with E-state index in [-0.39, 0.29) is 11.7 Å². The molecule has 1 aliphatic rings. The number of hydrogen-bond donors (Lipinski definition) is 2. The van der Waals surface area contributed by atoms with E-state index in [1.165, 1.54) is 11.8 Å². The molecule has 7 heteroatoms. The number of thioether (sulfide) groups is 1. The van der Waals surface area contributed by atoms with Crippen molar-refractivity contribution in [2.75, 3.05) is 0 Å². The molecule has 0 saturated carbocycles. The number of amides is 1. The van der Waals surface area contributed by atoms with Gasteiger partial charge in [0.15, 0.2) is 5.17 Å². The number of carbonyl (C=O) groups excluding carboxylic acids is 1. The second-order valence-electron chi connectivity index (χ2n) is 4.67. The minimum atomic E-state index is -0.236. The minimum absolute atomic E-state index is 0.175. The molecule has 0 bridgehead atoms. The average Bonchev–Trinajstić information content (AvgIpc) is 2.85. The van der Waals surface area contributed by atoms with E-state index < -0.39 is 0 Å². The molecule has 0 aromatic heterocycles. The number of aliphatic imine (C=N–C) groups is 1. The van der Waals surface area contributed by atoms with Gasteiger partial charge in [0, 0.05) is 5.02 Å². The van der Waals surface area contributed by atoms with E-state index in [0.717, 1.165) is 5.56 Å². The SMILES string of the molecule is O=C1NC(=Nc2cc(Cl)ccc2Cl)S/C1=C/c1ccc(O)cc1. The number of nitrogens with zero attached hydrogens (tertiary/aromatic N) is 1. The maximum Gasteiger partial charge on any atom is 0.264 e. The molecule has 0 radical (unpaired) electrons. The van der Waals surface area contributed by atoms with Crippen molar-refractivity contribution in [3.05, 3.63) is 63.0 Å². The second kappa shape index (κ2) is 6.66. The number of carbonyl (C=O) groups is 1. The number of phenols is 1. The summed E-state index contributed by atoms with van der Waals surface area (Å²) in [5, 5.41) is 13.4. The van der Waals surface area contributed by atoms with Crippen LogP contribution in [0.15, 0.2) is 52.4 Å². The Kier molecular flexibility index (Phi) is 4.61. The number of phenolic OH excluding ortho intramolecular Hbond substituents is 1. The van der Waals surface area contributed by atoms with Gasteiger partial charge in [-0.3, -0.25) is 4.79 Å². The second-order valence-corrected chi connectivity index (χ2v) is 6.54. The lowest BCUT2D eigenvalue weighted by Gasteiger charge is -2.00. The van der Waals surface area contributed by atoms with Crippen LogP contribution in [-0.2, 0) is 4.79 Å². The van der Waals surface area contributed by atoms with E-state index in [1.807, 2.05) is 0 Å². The number of halogens is 2. The third-order valence-electron chi connectivity index (χ3n) is 2.97. The molecule has 3 rings (SSSR count). The third kappa shape index (κ3) is 3.88. The highest BCUT2D eigenvalue weighted by Gasteiger charge is 2.24. The van der Waals surface area contributed by atoms with Crippen molar-refractivity contribution in [1.82, 2.24) is 5.32 Å². The zero-order valence-electron chi connectivity index (χ0n) is 11.6. The van der Waals surface area contributed by atoms with Crippen molar-refractivity contribution < 1.29 is 9.90 Å². The molecule has 2 N–H and O–H groups in total. The summed E-state index contributed by atoms with van der Waals surface area (Å²) in [5.41, 5.74) is 1.30. The molecule has 1 amide bonds. The van der Waals surface area contributed by atoms with E-state index in [2.05, 4.69) is 10.3 Å². The Bertz CT molecular complexity index is 832. The molecule has 4 nitrogen and oxygen atoms in total. The summed E-state index contributed by atoms with van der Waals surface area (Å²) in [7, 11) is 0. The van der Waals surface area contributed by atoms with Gasteiger partial charge in [-0.2, -0.15) is 0 Å². The van der Waals surface area contributed by atoms with E-state index >= 15 is 0 Å². The number of aromatic hydroxyl groups is 1. The largest absolute Gasteiger partial charge is 0.508 e. The fraction of sp³-hybridized carbons (Fsp3) is 0. The zero-order valence-corrected chi connectivity index (χ0v) is 13.9. The molecule has 1 saturated heterocycles. The van der Waals surface area contributed by atoms with Crippen molar-refractivity contribution in [2.24, 2.45) is 4.99 Å². The Labute approximate surface area is 146 Å². The van der Waals surface area contributed by atoms with Crippen LogP contribution in [0, 0.1) is 0 Å². The topological polar surface area (TPSA) is 61.7 Å². The lowest BCUT2D eigenvalue weighted by Crippen LogP contribution is -2.19. The number of hydrogen-bond acceptors (Lipinski definition) is 4. The van der Waals surface area contributed by atoms with Gasteiger partial charge in [-0.05, 0) is 53.7 Å². The van der Waals surface area contributed by atoms with E-state index in [4.69, 9.17) is 23.2 Å². The van der Waals surface area contributed by atoms with Gasteiger partial charge in [-0.15, -0.1) is 0 Å². The highest BCUT2D eigenvalue weighted by molar-refractivity contribution is 8.18. The molecule has 0 spiro atoms. The van der Waals surface area contributed by atoms with Crippen LogP contribution < -0.4 is 5.32 Å². The molecule has 1 aliphatic heterocycles. The number of benzene rings is 2. The van der Waals surface area contributed by atoms with Crippen LogP contribution in [0.5, 0.6) is 5.75 Å². The van der Waals surface area contributed by atoms with Gasteiger partial charge in [0.25, 0.3) is 5.91 Å². The summed E-state index contributed by atoms with van der Waals surface area (Å²) < 4.78 is 0. The summed E-state index contributed by atoms with van der Waals surface area (Å²) in [6.45, 7) is 0. The molecule has 116 valence electrons. The molecule has 1 heterocycles. The van der Waals surface area contributed by atoms with Gasteiger partial charge < -0.3 is 10.4 Å². The highest BCUT2D eigenvalue weighted by Crippen LogP contribution is 2.32. The van der Waals surface area contributed by atoms with Gasteiger partial charge in [0.2, 0.25) is 0 Å². The Balaban J connectivity index is 1.86. The molecule has 2 aromatic carbocycles. The number of amidine groups is 1. The first-order valence-corrected chi connectivity index (χ1v) is 8.12. The monoisotopic (exact) mass is 364 g/mol. The maximum atomic E-state index is 12.0. The van der Waals surface area contributed by atoms with Gasteiger partial charge >= 0.3 is 0 Å². The van der Waals surface area contributed by atoms with Gasteiger partial charge in [-0.25, -0.2) is 4.99 Å². The predicted octanol–water partition coefficient (Wildman–Crippen LogP) is 4.59. The first kappa shape index (κ1) is 15.9. The van der Waals surface area contributed by atoms with Crippen molar-refractivity contribution >= 4 is 57.8 Å². The van der Waals surface area contributed by atoms with Crippen LogP contribution in [0.3, 0.4) is 0 Å². The first-order chi connectivity index (χ1) is 11.0. The smallest absolute Gasteiger partial charge is 0.264 e. The zero-order chi connectivity index (χ0) is 16.4. The van der Waals surface area contributed by atoms with Gasteiger partial charge in [0.1, 0.15) is 5.75 Å². The summed E-state index contributed by atoms with van der Waals surface area (Å²) in [4.78, 5) is 16.8. The summed E-state index contributed by atoms with van der Waals surface area (Å²) in [6.07, 6.45) is 1.72. The Morgan fingerprint density at radius 2 is 1.87 bits per heavy atom. The predicted molar refractivity (Wildman–Crippen MR) is 95.4 cm³/mol. The number of nitrogens with one attached hydrogen (secondary N) is 1. The molecular weight excluding hydrogens is 355 g/mol. The lowest BCUT2D eigenvalue weighted by molar-refractivity contribution is -0.115. The maximum absolute atomic E-state index is 12.0. The minimum Gasteiger partial charge on any atom is -0.508 e. The third-order valence-corrected chi connectivity index (χ3v) is 4.44. The first-order valence-electron chi connectivity index (χ1n) is 6.55. The number of rotatable bonds is 2. The van der Waals surface area contributed by atoms with E-state index in [1.54, 1.807) is 48.5 Å². The normalized spacial score (nSPS) is 17.7. The quantitative estimate of drug-likeness (QED) is 0.766. The molecular formula is C16H10Cl2N2O2S. The van der Waals surface area contributed by atoms with E-state index in [9.17, 15) is 9.90 Å². The van der Waals surface area contributed by atoms with Crippen LogP contribution in [-0.4, -0.2) is 16.2 Å². The summed E-state index contributed by atoms with van der Waals surface area (Å²) in [6, 6.07) is 11.5. The van der Waals surface area contributed by atoms with Crippen molar-refractivity contribution in [1.29, 1.82) is 0 Å². The summed E-state index contributed by atoms with van der Waals surface area (Å²) in [5.74, 6) is -0.0616. The molecule has 0 unspecified atom stereocenters. The van der Waals surface area contributed by atoms with Crippen molar-refractivity contribution in [3.8, 4) is 5.75 Å². The van der Waals surface area contributed by atoms with Gasteiger partial charge in [0.05, 0.1) is 15.6 Å². The highest BCUT2D eigenvalue weighted by atomic mass is 35.5. The molecule has 0 aliphatic carbocycles. The Morgan fingerprint density at radius 1 is 1.13 bits per heavy atom. The van der Waals surface area contributed by atoms with Crippen molar-refractivity contribution in [3.63, 3.8) is 0 Å². The fourth-order valence-electron chi connectivity index (χ4n) is 1.88. The standard InChI is InChI=1S/C16H10Cl2N2O2S/c17-10-3-6-12(18)13(8-10)19-16-20-15(22)14(23-16)7-9-1-4-11(21)5-2-9/h1-8,21H,(H,19,20,22)/b14-7+. The lowest BCUT2D eigenvalue weighted by atomic mass is 10.2. The average molecular weight is 365 g/mol. The van der Waals surface area contributed by atoms with Crippen LogP contribution in [0.25, 0.3) is 6.08 Å². The fourth-order valence-corrected chi connectivity index (χ4v) is 3.04. The van der Waals surface area contributed by atoms with Crippen LogP contribution >= 0.6 is 35.0 Å². The Morgan fingerprint density at radius 3 is 2.61 bits per heavy atom. The van der Waals surface area contributed by atoms with Gasteiger partial charge in [-0.1, -0.05) is 35.3 Å². The molecule has 1 fully saturated rings. The molecule has 0 atom stereocenters. The van der Waals surface area contributed by atoms with Crippen LogP contribution in [0.4, 0.5) is 5.69 Å². The summed E-state index contributed by atoms with van der Waals surface area (Å²) >= 11 is 13.2. The molecule has 2 aromatic rings. The van der Waals surface area contributed by atoms with Crippen LogP contribution in [0.2, 0.25) is 10.0 Å². The van der Waals surface area contributed by atoms with Crippen molar-refractivity contribution in [2.45, 2.75) is 0 Å².